The predicted octanol–water partition coefficient (Wildman–Crippen LogP) is 2.58. The van der Waals surface area contributed by atoms with Gasteiger partial charge in [-0.05, 0) is 30.5 Å². The fraction of sp³-hybridized carbons (Fsp3) is 0.500. The van der Waals surface area contributed by atoms with Gasteiger partial charge in [0.1, 0.15) is 0 Å². The number of aliphatic hydroxyl groups excluding tert-OH is 1. The minimum atomic E-state index is -0.535. The van der Waals surface area contributed by atoms with Gasteiger partial charge in [0.25, 0.3) is 0 Å². The van der Waals surface area contributed by atoms with Crippen molar-refractivity contribution < 1.29 is 9.90 Å². The van der Waals surface area contributed by atoms with E-state index in [1.54, 1.807) is 19.1 Å². The molecule has 2 atom stereocenters. The van der Waals surface area contributed by atoms with Gasteiger partial charge in [0, 0.05) is 11.6 Å². The Labute approximate surface area is 113 Å². The maximum Gasteiger partial charge on any atom is 0.227 e. The van der Waals surface area contributed by atoms with Crippen LogP contribution in [0.15, 0.2) is 24.3 Å². The molecule has 0 saturated carbocycles. The predicted molar refractivity (Wildman–Crippen MR) is 73.7 cm³/mol. The number of aliphatic hydroxyl groups is 1. The molecule has 0 heterocycles. The molecule has 0 aromatic heterocycles. The number of nitrogens with one attached hydrogen (secondary N) is 1. The van der Waals surface area contributed by atoms with Crippen LogP contribution in [0.5, 0.6) is 0 Å². The molecular formula is C14H20ClNO2. The smallest absolute Gasteiger partial charge is 0.227 e. The van der Waals surface area contributed by atoms with Crippen molar-refractivity contribution in [2.75, 3.05) is 6.54 Å². The average Bonchev–Trinajstić information content (AvgIpc) is 2.29. The molecule has 0 aliphatic rings. The lowest BCUT2D eigenvalue weighted by molar-refractivity contribution is -0.123. The molecule has 1 aromatic rings. The summed E-state index contributed by atoms with van der Waals surface area (Å²) < 4.78 is 0. The van der Waals surface area contributed by atoms with Crippen LogP contribution in [0, 0.1) is 5.92 Å². The number of carbonyl (C=O) groups is 1. The van der Waals surface area contributed by atoms with Crippen LogP contribution in [-0.4, -0.2) is 23.7 Å². The minimum Gasteiger partial charge on any atom is -0.392 e. The van der Waals surface area contributed by atoms with E-state index < -0.39 is 6.10 Å². The first-order chi connectivity index (χ1) is 8.41. The van der Waals surface area contributed by atoms with Crippen molar-refractivity contribution in [2.24, 2.45) is 5.92 Å². The molecule has 18 heavy (non-hydrogen) atoms. The van der Waals surface area contributed by atoms with E-state index in [2.05, 4.69) is 5.32 Å². The van der Waals surface area contributed by atoms with E-state index in [-0.39, 0.29) is 24.3 Å². The van der Waals surface area contributed by atoms with Gasteiger partial charge in [0.15, 0.2) is 0 Å². The number of carbonyl (C=O) groups excluding carboxylic acids is 1. The number of halogens is 1. The number of hydrogen-bond donors (Lipinski definition) is 2. The van der Waals surface area contributed by atoms with Crippen molar-refractivity contribution in [2.45, 2.75) is 32.8 Å². The van der Waals surface area contributed by atoms with E-state index in [9.17, 15) is 9.90 Å². The van der Waals surface area contributed by atoms with Crippen LogP contribution in [0.2, 0.25) is 5.02 Å². The Bertz CT molecular complexity index is 387. The molecule has 2 N–H and O–H groups in total. The van der Waals surface area contributed by atoms with E-state index >= 15 is 0 Å². The van der Waals surface area contributed by atoms with Crippen LogP contribution >= 0.6 is 11.6 Å². The van der Waals surface area contributed by atoms with Crippen LogP contribution in [0.4, 0.5) is 0 Å². The van der Waals surface area contributed by atoms with Gasteiger partial charge in [-0.1, -0.05) is 37.6 Å². The third kappa shape index (κ3) is 4.31. The van der Waals surface area contributed by atoms with Crippen LogP contribution in [0.25, 0.3) is 0 Å². The lowest BCUT2D eigenvalue weighted by atomic mass is 9.87. The molecule has 0 fully saturated rings. The molecule has 0 spiro atoms. The zero-order chi connectivity index (χ0) is 13.7. The van der Waals surface area contributed by atoms with Crippen LogP contribution < -0.4 is 5.32 Å². The summed E-state index contributed by atoms with van der Waals surface area (Å²) in [6.07, 6.45) is -0.535. The van der Waals surface area contributed by atoms with Crippen LogP contribution in [0.3, 0.4) is 0 Å². The monoisotopic (exact) mass is 269 g/mol. The summed E-state index contributed by atoms with van der Waals surface area (Å²) in [6.45, 7) is 5.92. The molecule has 4 heteroatoms. The fourth-order valence-corrected chi connectivity index (χ4v) is 1.99. The zero-order valence-electron chi connectivity index (χ0n) is 11.0. The minimum absolute atomic E-state index is 0.0618. The maximum atomic E-state index is 12.1. The summed E-state index contributed by atoms with van der Waals surface area (Å²) in [6, 6.07) is 7.31. The second-order valence-electron chi connectivity index (χ2n) is 4.87. The zero-order valence-corrected chi connectivity index (χ0v) is 11.7. The molecule has 1 rings (SSSR count). The van der Waals surface area contributed by atoms with Gasteiger partial charge in [-0.3, -0.25) is 4.79 Å². The summed E-state index contributed by atoms with van der Waals surface area (Å²) in [7, 11) is 0. The van der Waals surface area contributed by atoms with E-state index in [4.69, 9.17) is 11.6 Å². The third-order valence-electron chi connectivity index (χ3n) is 2.75. The maximum absolute atomic E-state index is 12.1. The molecule has 0 radical (unpaired) electrons. The Morgan fingerprint density at radius 1 is 1.28 bits per heavy atom. The Balaban J connectivity index is 2.82. The Kier molecular flexibility index (Phi) is 5.63. The van der Waals surface area contributed by atoms with Crippen molar-refractivity contribution in [3.05, 3.63) is 34.9 Å². The van der Waals surface area contributed by atoms with Gasteiger partial charge in [0.2, 0.25) is 5.91 Å². The van der Waals surface area contributed by atoms with Gasteiger partial charge >= 0.3 is 0 Å². The van der Waals surface area contributed by atoms with Gasteiger partial charge < -0.3 is 10.4 Å². The highest BCUT2D eigenvalue weighted by Gasteiger charge is 2.23. The van der Waals surface area contributed by atoms with E-state index in [1.165, 1.54) is 0 Å². The van der Waals surface area contributed by atoms with Gasteiger partial charge in [-0.2, -0.15) is 0 Å². The molecule has 0 bridgehead atoms. The molecule has 0 saturated heterocycles. The van der Waals surface area contributed by atoms with Crippen molar-refractivity contribution in [3.8, 4) is 0 Å². The van der Waals surface area contributed by atoms with Crippen molar-refractivity contribution in [3.63, 3.8) is 0 Å². The van der Waals surface area contributed by atoms with Crippen molar-refractivity contribution in [1.82, 2.24) is 5.32 Å². The fourth-order valence-electron chi connectivity index (χ4n) is 1.87. The number of amides is 1. The first-order valence-electron chi connectivity index (χ1n) is 6.13. The second kappa shape index (κ2) is 6.76. The highest BCUT2D eigenvalue weighted by atomic mass is 35.5. The van der Waals surface area contributed by atoms with Crippen LogP contribution in [0.1, 0.15) is 32.3 Å². The van der Waals surface area contributed by atoms with Crippen LogP contribution in [-0.2, 0) is 4.79 Å². The van der Waals surface area contributed by atoms with Crippen molar-refractivity contribution >= 4 is 17.5 Å². The summed E-state index contributed by atoms with van der Waals surface area (Å²) in [4.78, 5) is 12.1. The molecular weight excluding hydrogens is 250 g/mol. The second-order valence-corrected chi connectivity index (χ2v) is 5.30. The summed E-state index contributed by atoms with van der Waals surface area (Å²) in [5.74, 6) is -0.102. The Hall–Kier alpha value is -1.06. The molecule has 1 aromatic carbocycles. The SMILES string of the molecule is CC(C)C(C(=O)NC[C@H](C)O)c1ccc(Cl)cc1. The normalized spacial score (nSPS) is 14.3. The van der Waals surface area contributed by atoms with Gasteiger partial charge in [0.05, 0.1) is 12.0 Å². The molecule has 0 aliphatic carbocycles. The van der Waals surface area contributed by atoms with E-state index in [0.29, 0.717) is 5.02 Å². The molecule has 100 valence electrons. The largest absolute Gasteiger partial charge is 0.392 e. The molecule has 1 unspecified atom stereocenters. The first-order valence-corrected chi connectivity index (χ1v) is 6.51. The first kappa shape index (κ1) is 15.0. The quantitative estimate of drug-likeness (QED) is 0.863. The Morgan fingerprint density at radius 2 is 1.83 bits per heavy atom. The van der Waals surface area contributed by atoms with Gasteiger partial charge in [-0.25, -0.2) is 0 Å². The average molecular weight is 270 g/mol. The third-order valence-corrected chi connectivity index (χ3v) is 3.00. The number of hydrogen-bond acceptors (Lipinski definition) is 2. The molecule has 0 aliphatic heterocycles. The standard InChI is InChI=1S/C14H20ClNO2/c1-9(2)13(14(18)16-8-10(3)17)11-4-6-12(15)7-5-11/h4-7,9-10,13,17H,8H2,1-3H3,(H,16,18)/t10-,13?/m0/s1. The number of benzene rings is 1. The Morgan fingerprint density at radius 3 is 2.28 bits per heavy atom. The molecule has 3 nitrogen and oxygen atoms in total. The highest BCUT2D eigenvalue weighted by molar-refractivity contribution is 6.30. The summed E-state index contributed by atoms with van der Waals surface area (Å²) >= 11 is 5.84. The topological polar surface area (TPSA) is 49.3 Å². The van der Waals surface area contributed by atoms with Crippen molar-refractivity contribution in [1.29, 1.82) is 0 Å². The van der Waals surface area contributed by atoms with E-state index in [0.717, 1.165) is 5.56 Å². The van der Waals surface area contributed by atoms with Gasteiger partial charge in [-0.15, -0.1) is 0 Å². The molecule has 1 amide bonds. The lowest BCUT2D eigenvalue weighted by Crippen LogP contribution is -2.36. The summed E-state index contributed by atoms with van der Waals surface area (Å²) in [5, 5.41) is 12.6. The summed E-state index contributed by atoms with van der Waals surface area (Å²) in [5.41, 5.74) is 0.942. The lowest BCUT2D eigenvalue weighted by Gasteiger charge is -2.21. The van der Waals surface area contributed by atoms with E-state index in [1.807, 2.05) is 26.0 Å². The highest BCUT2D eigenvalue weighted by Crippen LogP contribution is 2.25. The number of rotatable bonds is 5.